The molecular weight excluding hydrogens is 675 g/mol. The van der Waals surface area contributed by atoms with Crippen LogP contribution in [0.3, 0.4) is 0 Å². The maximum Gasteiger partial charge on any atom is 0.472 e. The molecule has 11 nitrogen and oxygen atoms in total. The normalized spacial score (nSPS) is 15.7. The van der Waals surface area contributed by atoms with Crippen LogP contribution in [0.5, 0.6) is 0 Å². The average molecular weight is 747 g/mol. The molecule has 0 saturated carbocycles. The van der Waals surface area contributed by atoms with Crippen LogP contribution >= 0.6 is 7.82 Å². The van der Waals surface area contributed by atoms with E-state index in [9.17, 15) is 29.3 Å². The molecule has 0 bridgehead atoms. The predicted molar refractivity (Wildman–Crippen MR) is 202 cm³/mol. The third kappa shape index (κ3) is 33.7. The lowest BCUT2D eigenvalue weighted by atomic mass is 9.99. The summed E-state index contributed by atoms with van der Waals surface area (Å²) < 4.78 is 32.5. The first kappa shape index (κ1) is 49.1. The van der Waals surface area contributed by atoms with Crippen molar-refractivity contribution in [2.24, 2.45) is 5.92 Å². The molecular formula is C39H71O11P. The number of rotatable bonds is 35. The molecule has 12 heteroatoms. The maximum absolute atomic E-state index is 12.6. The summed E-state index contributed by atoms with van der Waals surface area (Å²) in [5, 5.41) is 28.4. The van der Waals surface area contributed by atoms with Crippen molar-refractivity contribution in [2.45, 2.75) is 167 Å². The van der Waals surface area contributed by atoms with E-state index in [1.807, 2.05) is 18.2 Å². The Balaban J connectivity index is 4.47. The quantitative estimate of drug-likeness (QED) is 0.0161. The SMILES string of the molecule is CC/C=C/C/C=C/C=C/C(O)CCCCCCCC(=O)O[C@H](COC(=O)CCCCCCCCCCC(C)CC)COP(=O)(O)OC[C@@H](O)CO. The van der Waals surface area contributed by atoms with Crippen LogP contribution in [0.4, 0.5) is 0 Å². The molecule has 0 aromatic rings. The first-order valence-corrected chi connectivity index (χ1v) is 20.9. The molecule has 0 amide bonds. The number of hydrogen-bond acceptors (Lipinski definition) is 10. The lowest BCUT2D eigenvalue weighted by Crippen LogP contribution is -2.29. The molecule has 0 radical (unpaired) electrons. The van der Waals surface area contributed by atoms with Crippen LogP contribution in [-0.4, -0.2) is 76.9 Å². The zero-order valence-electron chi connectivity index (χ0n) is 31.8. The van der Waals surface area contributed by atoms with Gasteiger partial charge in [-0.15, -0.1) is 0 Å². The van der Waals surface area contributed by atoms with Crippen molar-refractivity contribution >= 4 is 19.8 Å². The minimum absolute atomic E-state index is 0.115. The van der Waals surface area contributed by atoms with Gasteiger partial charge in [-0.05, 0) is 38.0 Å². The molecule has 0 aliphatic heterocycles. The molecule has 0 heterocycles. The molecule has 0 aromatic heterocycles. The lowest BCUT2D eigenvalue weighted by Gasteiger charge is -2.20. The Labute approximate surface area is 308 Å². The maximum atomic E-state index is 12.6. The van der Waals surface area contributed by atoms with Crippen LogP contribution in [0.1, 0.15) is 149 Å². The van der Waals surface area contributed by atoms with Gasteiger partial charge < -0.3 is 29.7 Å². The van der Waals surface area contributed by atoms with Crippen molar-refractivity contribution in [3.05, 3.63) is 36.5 Å². The first-order valence-electron chi connectivity index (χ1n) is 19.4. The first-order chi connectivity index (χ1) is 24.5. The van der Waals surface area contributed by atoms with Gasteiger partial charge in [0.15, 0.2) is 6.10 Å². The number of aliphatic hydroxyl groups is 3. The Hall–Kier alpha value is -1.85. The van der Waals surface area contributed by atoms with Gasteiger partial charge in [-0.1, -0.05) is 141 Å². The van der Waals surface area contributed by atoms with E-state index >= 15 is 0 Å². The summed E-state index contributed by atoms with van der Waals surface area (Å²) in [6, 6.07) is 0. The Kier molecular flexibility index (Phi) is 32.7. The molecule has 0 aliphatic rings. The summed E-state index contributed by atoms with van der Waals surface area (Å²) in [6.07, 6.45) is 27.1. The molecule has 0 rings (SSSR count). The van der Waals surface area contributed by atoms with Crippen molar-refractivity contribution < 1.29 is 52.9 Å². The molecule has 4 N–H and O–H groups in total. The minimum Gasteiger partial charge on any atom is -0.462 e. The van der Waals surface area contributed by atoms with Crippen LogP contribution in [0.25, 0.3) is 0 Å². The smallest absolute Gasteiger partial charge is 0.462 e. The predicted octanol–water partition coefficient (Wildman–Crippen LogP) is 8.44. The van der Waals surface area contributed by atoms with E-state index in [2.05, 4.69) is 37.4 Å². The molecule has 0 aromatic carbocycles. The zero-order valence-corrected chi connectivity index (χ0v) is 32.7. The van der Waals surface area contributed by atoms with Crippen molar-refractivity contribution in [1.82, 2.24) is 0 Å². The van der Waals surface area contributed by atoms with E-state index in [-0.39, 0.29) is 19.4 Å². The highest BCUT2D eigenvalue weighted by Crippen LogP contribution is 2.43. The molecule has 5 atom stereocenters. The largest absolute Gasteiger partial charge is 0.472 e. The van der Waals surface area contributed by atoms with Crippen molar-refractivity contribution in [3.8, 4) is 0 Å². The van der Waals surface area contributed by atoms with Crippen LogP contribution in [0.2, 0.25) is 0 Å². The number of esters is 2. The Morgan fingerprint density at radius 2 is 1.27 bits per heavy atom. The standard InChI is InChI=1S/C39H71O11P/c1-4-6-7-8-11-16-21-26-35(41)27-22-17-14-19-24-29-39(44)50-37(33-49-51(45,46)48-31-36(42)30-40)32-47-38(43)28-23-18-13-10-9-12-15-20-25-34(3)5-2/h6-7,11,16,21,26,34-37,40-42H,4-5,8-10,12-15,17-20,22-25,27-33H2,1-3H3,(H,45,46)/b7-6+,16-11+,26-21+/t34?,35?,36-,37+/m0/s1. The molecule has 51 heavy (non-hydrogen) atoms. The number of aliphatic hydroxyl groups excluding tert-OH is 3. The number of hydrogen-bond donors (Lipinski definition) is 4. The third-order valence-electron chi connectivity index (χ3n) is 8.45. The Morgan fingerprint density at radius 3 is 1.88 bits per heavy atom. The number of carbonyl (C=O) groups is 2. The van der Waals surface area contributed by atoms with E-state index in [1.165, 1.54) is 38.5 Å². The zero-order chi connectivity index (χ0) is 38.0. The van der Waals surface area contributed by atoms with Gasteiger partial charge in [0.25, 0.3) is 0 Å². The second-order valence-corrected chi connectivity index (χ2v) is 14.8. The minimum atomic E-state index is -4.64. The van der Waals surface area contributed by atoms with Crippen LogP contribution < -0.4 is 0 Å². The van der Waals surface area contributed by atoms with Crippen LogP contribution in [0.15, 0.2) is 36.5 Å². The molecule has 0 saturated heterocycles. The van der Waals surface area contributed by atoms with E-state index in [4.69, 9.17) is 19.1 Å². The van der Waals surface area contributed by atoms with Crippen LogP contribution in [-0.2, 0) is 32.7 Å². The summed E-state index contributed by atoms with van der Waals surface area (Å²) in [5.41, 5.74) is 0. The number of phosphoric acid groups is 1. The number of unbranched alkanes of at least 4 members (excludes halogenated alkanes) is 11. The summed E-state index contributed by atoms with van der Waals surface area (Å²) in [7, 11) is -4.64. The average Bonchev–Trinajstić information content (AvgIpc) is 3.11. The Bertz CT molecular complexity index is 984. The molecule has 0 aliphatic carbocycles. The van der Waals surface area contributed by atoms with Gasteiger partial charge in [-0.25, -0.2) is 4.57 Å². The molecule has 298 valence electrons. The van der Waals surface area contributed by atoms with Crippen LogP contribution in [0, 0.1) is 5.92 Å². The summed E-state index contributed by atoms with van der Waals surface area (Å²) in [5.74, 6) is -0.199. The van der Waals surface area contributed by atoms with E-state index in [0.29, 0.717) is 19.3 Å². The monoisotopic (exact) mass is 746 g/mol. The van der Waals surface area contributed by atoms with Crippen molar-refractivity contribution in [3.63, 3.8) is 0 Å². The van der Waals surface area contributed by atoms with Gasteiger partial charge in [0, 0.05) is 12.8 Å². The fraction of sp³-hybridized carbons (Fsp3) is 0.795. The number of allylic oxidation sites excluding steroid dienone is 5. The Morgan fingerprint density at radius 1 is 0.706 bits per heavy atom. The molecule has 3 unspecified atom stereocenters. The van der Waals surface area contributed by atoms with E-state index in [0.717, 1.165) is 63.7 Å². The summed E-state index contributed by atoms with van der Waals surface area (Å²) in [6.45, 7) is 4.42. The van der Waals surface area contributed by atoms with Gasteiger partial charge in [0.05, 0.1) is 25.9 Å². The second-order valence-electron chi connectivity index (χ2n) is 13.4. The molecule has 0 spiro atoms. The fourth-order valence-electron chi connectivity index (χ4n) is 5.03. The lowest BCUT2D eigenvalue weighted by molar-refractivity contribution is -0.161. The number of phosphoric ester groups is 1. The summed E-state index contributed by atoms with van der Waals surface area (Å²) >= 11 is 0. The van der Waals surface area contributed by atoms with Gasteiger partial charge in [-0.2, -0.15) is 0 Å². The second kappa shape index (κ2) is 34.0. The number of carbonyl (C=O) groups excluding carboxylic acids is 2. The summed E-state index contributed by atoms with van der Waals surface area (Å²) in [4.78, 5) is 34.8. The molecule has 0 fully saturated rings. The van der Waals surface area contributed by atoms with Gasteiger partial charge in [0.1, 0.15) is 12.7 Å². The highest BCUT2D eigenvalue weighted by molar-refractivity contribution is 7.47. The fourth-order valence-corrected chi connectivity index (χ4v) is 5.82. The number of ether oxygens (including phenoxy) is 2. The van der Waals surface area contributed by atoms with Gasteiger partial charge in [-0.3, -0.25) is 18.6 Å². The van der Waals surface area contributed by atoms with Crippen molar-refractivity contribution in [2.75, 3.05) is 26.4 Å². The highest BCUT2D eigenvalue weighted by Gasteiger charge is 2.27. The third-order valence-corrected chi connectivity index (χ3v) is 9.40. The van der Waals surface area contributed by atoms with E-state index < -0.39 is 57.9 Å². The van der Waals surface area contributed by atoms with Crippen molar-refractivity contribution in [1.29, 1.82) is 0 Å². The topological polar surface area (TPSA) is 169 Å². The van der Waals surface area contributed by atoms with E-state index in [1.54, 1.807) is 6.08 Å². The highest BCUT2D eigenvalue weighted by atomic mass is 31.2. The van der Waals surface area contributed by atoms with Gasteiger partial charge in [0.2, 0.25) is 0 Å². The van der Waals surface area contributed by atoms with Gasteiger partial charge >= 0.3 is 19.8 Å².